The Bertz CT molecular complexity index is 745. The molecule has 1 amide bonds. The summed E-state index contributed by atoms with van der Waals surface area (Å²) in [6.07, 6.45) is 0. The van der Waals surface area contributed by atoms with E-state index in [1.165, 1.54) is 30.6 Å². The number of rotatable bonds is 5. The Morgan fingerprint density at radius 1 is 1.33 bits per heavy atom. The van der Waals surface area contributed by atoms with Crippen molar-refractivity contribution in [2.24, 2.45) is 0 Å². The average molecular weight is 391 g/mol. The Labute approximate surface area is 134 Å². The number of thiophene rings is 1. The van der Waals surface area contributed by atoms with Gasteiger partial charge in [-0.05, 0) is 29.6 Å². The zero-order valence-corrected chi connectivity index (χ0v) is 14.0. The fourth-order valence-corrected chi connectivity index (χ4v) is 3.67. The maximum Gasteiger partial charge on any atom is 0.276 e. The third-order valence-corrected chi connectivity index (χ3v) is 5.09. The molecule has 2 rings (SSSR count). The van der Waals surface area contributed by atoms with E-state index in [1.807, 2.05) is 4.83 Å². The second kappa shape index (κ2) is 6.56. The number of ether oxygens (including phenoxy) is 1. The molecule has 0 aliphatic carbocycles. The zero-order valence-electron chi connectivity index (χ0n) is 10.8. The van der Waals surface area contributed by atoms with Gasteiger partial charge in [-0.3, -0.25) is 10.2 Å². The molecule has 112 valence electrons. The minimum Gasteiger partial charge on any atom is -0.495 e. The standard InChI is InChI=1S/C12H11BrN2O4S2/c1-19-9-5-4-8(13)7-11(9)21(17,18)15-14-12(16)10-3-2-6-20-10/h2-7,15H,1H3,(H,14,16). The van der Waals surface area contributed by atoms with Crippen LogP contribution in [-0.2, 0) is 10.0 Å². The fourth-order valence-electron chi connectivity index (χ4n) is 1.50. The van der Waals surface area contributed by atoms with E-state index in [-0.39, 0.29) is 10.6 Å². The summed E-state index contributed by atoms with van der Waals surface area (Å²) in [5.41, 5.74) is 2.16. The molecule has 0 bridgehead atoms. The summed E-state index contributed by atoms with van der Waals surface area (Å²) in [5.74, 6) is -0.349. The molecule has 0 spiro atoms. The number of nitrogens with one attached hydrogen (secondary N) is 2. The van der Waals surface area contributed by atoms with E-state index < -0.39 is 15.9 Å². The van der Waals surface area contributed by atoms with Gasteiger partial charge in [-0.2, -0.15) is 0 Å². The molecule has 0 aliphatic heterocycles. The highest BCUT2D eigenvalue weighted by atomic mass is 79.9. The molecule has 0 aliphatic rings. The van der Waals surface area contributed by atoms with Crippen LogP contribution in [0.4, 0.5) is 0 Å². The van der Waals surface area contributed by atoms with Gasteiger partial charge in [-0.1, -0.05) is 22.0 Å². The number of benzene rings is 1. The van der Waals surface area contributed by atoms with Crippen LogP contribution in [0.15, 0.2) is 45.1 Å². The first kappa shape index (κ1) is 16.0. The van der Waals surface area contributed by atoms with Crippen molar-refractivity contribution in [1.29, 1.82) is 0 Å². The smallest absolute Gasteiger partial charge is 0.276 e. The van der Waals surface area contributed by atoms with Gasteiger partial charge < -0.3 is 4.74 Å². The van der Waals surface area contributed by atoms with Gasteiger partial charge in [0.1, 0.15) is 10.6 Å². The van der Waals surface area contributed by atoms with Crippen molar-refractivity contribution in [3.8, 4) is 5.75 Å². The minimum atomic E-state index is -3.94. The van der Waals surface area contributed by atoms with Crippen LogP contribution in [-0.4, -0.2) is 21.4 Å². The molecule has 0 unspecified atom stereocenters. The third-order valence-electron chi connectivity index (χ3n) is 2.46. The molecule has 9 heteroatoms. The van der Waals surface area contributed by atoms with Gasteiger partial charge >= 0.3 is 0 Å². The Hall–Kier alpha value is -1.42. The molecule has 1 heterocycles. The first-order valence-corrected chi connectivity index (χ1v) is 8.79. The summed E-state index contributed by atoms with van der Waals surface area (Å²) in [4.78, 5) is 14.1. The van der Waals surface area contributed by atoms with E-state index in [1.54, 1.807) is 23.6 Å². The van der Waals surface area contributed by atoms with Gasteiger partial charge in [-0.15, -0.1) is 16.2 Å². The van der Waals surface area contributed by atoms with Gasteiger partial charge in [-0.25, -0.2) is 8.42 Å². The summed E-state index contributed by atoms with van der Waals surface area (Å²) < 4.78 is 30.0. The first-order chi connectivity index (χ1) is 9.94. The van der Waals surface area contributed by atoms with E-state index in [4.69, 9.17) is 4.74 Å². The lowest BCUT2D eigenvalue weighted by molar-refractivity contribution is 0.0949. The zero-order chi connectivity index (χ0) is 15.5. The van der Waals surface area contributed by atoms with E-state index in [0.29, 0.717) is 9.35 Å². The number of hydrazine groups is 1. The predicted molar refractivity (Wildman–Crippen MR) is 82.8 cm³/mol. The molecule has 0 saturated heterocycles. The fraction of sp³-hybridized carbons (Fsp3) is 0.0833. The number of carbonyl (C=O) groups is 1. The van der Waals surface area contributed by atoms with Gasteiger partial charge in [0.2, 0.25) is 0 Å². The number of methoxy groups -OCH3 is 1. The molecule has 2 N–H and O–H groups in total. The Morgan fingerprint density at radius 3 is 2.71 bits per heavy atom. The van der Waals surface area contributed by atoms with Gasteiger partial charge in [0, 0.05) is 4.47 Å². The van der Waals surface area contributed by atoms with Crippen molar-refractivity contribution >= 4 is 43.2 Å². The van der Waals surface area contributed by atoms with Crippen LogP contribution < -0.4 is 15.0 Å². The third kappa shape index (κ3) is 3.82. The monoisotopic (exact) mass is 390 g/mol. The van der Waals surface area contributed by atoms with Crippen molar-refractivity contribution < 1.29 is 17.9 Å². The first-order valence-electron chi connectivity index (χ1n) is 5.63. The summed E-state index contributed by atoms with van der Waals surface area (Å²) in [6.45, 7) is 0. The van der Waals surface area contributed by atoms with Gasteiger partial charge in [0.25, 0.3) is 15.9 Å². The molecule has 0 fully saturated rings. The highest BCUT2D eigenvalue weighted by Crippen LogP contribution is 2.26. The maximum absolute atomic E-state index is 12.2. The summed E-state index contributed by atoms with van der Waals surface area (Å²) >= 11 is 4.40. The van der Waals surface area contributed by atoms with Crippen molar-refractivity contribution in [3.63, 3.8) is 0 Å². The molecular weight excluding hydrogens is 380 g/mol. The maximum atomic E-state index is 12.2. The van der Waals surface area contributed by atoms with Gasteiger partial charge in [0.15, 0.2) is 0 Å². The van der Waals surface area contributed by atoms with Crippen molar-refractivity contribution in [3.05, 3.63) is 45.1 Å². The second-order valence-electron chi connectivity index (χ2n) is 3.83. The molecule has 6 nitrogen and oxygen atoms in total. The van der Waals surface area contributed by atoms with Crippen molar-refractivity contribution in [1.82, 2.24) is 10.3 Å². The molecule has 2 aromatic rings. The largest absolute Gasteiger partial charge is 0.495 e. The topological polar surface area (TPSA) is 84.5 Å². The number of hydrogen-bond donors (Lipinski definition) is 2. The number of amides is 1. The molecule has 1 aromatic heterocycles. The number of carbonyl (C=O) groups excluding carboxylic acids is 1. The normalized spacial score (nSPS) is 11.1. The molecule has 1 aromatic carbocycles. The lowest BCUT2D eigenvalue weighted by Gasteiger charge is -2.11. The van der Waals surface area contributed by atoms with Crippen LogP contribution in [0.5, 0.6) is 5.75 Å². The quantitative estimate of drug-likeness (QED) is 0.765. The Balaban J connectivity index is 2.19. The van der Waals surface area contributed by atoms with Crippen molar-refractivity contribution in [2.75, 3.05) is 7.11 Å². The molecule has 0 radical (unpaired) electrons. The summed E-state index contributed by atoms with van der Waals surface area (Å²) in [7, 11) is -2.58. The van der Waals surface area contributed by atoms with Crippen LogP contribution in [0, 0.1) is 0 Å². The highest BCUT2D eigenvalue weighted by molar-refractivity contribution is 9.10. The SMILES string of the molecule is COc1ccc(Br)cc1S(=O)(=O)NNC(=O)c1cccs1. The summed E-state index contributed by atoms with van der Waals surface area (Å²) in [5, 5.41) is 1.72. The lowest BCUT2D eigenvalue weighted by atomic mass is 10.3. The van der Waals surface area contributed by atoms with E-state index >= 15 is 0 Å². The second-order valence-corrected chi connectivity index (χ2v) is 7.35. The van der Waals surface area contributed by atoms with E-state index in [9.17, 15) is 13.2 Å². The Kier molecular flexibility index (Phi) is 4.99. The van der Waals surface area contributed by atoms with Crippen LogP contribution in [0.3, 0.4) is 0 Å². The number of halogens is 1. The Morgan fingerprint density at radius 2 is 2.10 bits per heavy atom. The number of hydrogen-bond acceptors (Lipinski definition) is 5. The van der Waals surface area contributed by atoms with E-state index in [2.05, 4.69) is 21.4 Å². The molecular formula is C12H11BrN2O4S2. The van der Waals surface area contributed by atoms with Crippen LogP contribution in [0.25, 0.3) is 0 Å². The molecule has 21 heavy (non-hydrogen) atoms. The highest BCUT2D eigenvalue weighted by Gasteiger charge is 2.21. The summed E-state index contributed by atoms with van der Waals surface area (Å²) in [6, 6.07) is 7.85. The van der Waals surface area contributed by atoms with Crippen LogP contribution >= 0.6 is 27.3 Å². The van der Waals surface area contributed by atoms with Crippen LogP contribution in [0.2, 0.25) is 0 Å². The molecule has 0 atom stereocenters. The molecule has 0 saturated carbocycles. The van der Waals surface area contributed by atoms with Crippen LogP contribution in [0.1, 0.15) is 9.67 Å². The van der Waals surface area contributed by atoms with Gasteiger partial charge in [0.05, 0.1) is 12.0 Å². The lowest BCUT2D eigenvalue weighted by Crippen LogP contribution is -2.41. The average Bonchev–Trinajstić information content (AvgIpc) is 2.99. The van der Waals surface area contributed by atoms with E-state index in [0.717, 1.165) is 0 Å². The minimum absolute atomic E-state index is 0.0779. The predicted octanol–water partition coefficient (Wildman–Crippen LogP) is 2.14. The van der Waals surface area contributed by atoms with Crippen molar-refractivity contribution in [2.45, 2.75) is 4.90 Å². The number of sulfonamides is 1.